The lowest BCUT2D eigenvalue weighted by Gasteiger charge is -2.01. The third kappa shape index (κ3) is 3.44. The van der Waals surface area contributed by atoms with Gasteiger partial charge in [0.05, 0.1) is 7.11 Å². The maximum absolute atomic E-state index is 11.6. The Morgan fingerprint density at radius 2 is 1.79 bits per heavy atom. The van der Waals surface area contributed by atoms with Crippen LogP contribution in [0.2, 0.25) is 0 Å². The number of nitrogens with zero attached hydrogens (tertiary/aromatic N) is 2. The number of hydrogen-bond acceptors (Lipinski definition) is 3. The molecule has 1 aromatic heterocycles. The summed E-state index contributed by atoms with van der Waals surface area (Å²) in [5.74, 6) is -0.367. The minimum absolute atomic E-state index is 0.367. The van der Waals surface area contributed by atoms with E-state index in [9.17, 15) is 4.79 Å². The number of aromatic nitrogens is 2. The van der Waals surface area contributed by atoms with E-state index in [4.69, 9.17) is 4.74 Å². The van der Waals surface area contributed by atoms with Gasteiger partial charge >= 0.3 is 5.97 Å². The number of ether oxygens (including phenoxy) is 1. The van der Waals surface area contributed by atoms with Crippen LogP contribution in [-0.2, 0) is 11.8 Å². The maximum atomic E-state index is 11.6. The highest BCUT2D eigenvalue weighted by Gasteiger charge is 2.17. The Balaban J connectivity index is 0.000000861. The number of aryl methyl sites for hydroxylation is 2. The lowest BCUT2D eigenvalue weighted by molar-refractivity contribution is 0.0601. The molecule has 19 heavy (non-hydrogen) atoms. The Morgan fingerprint density at radius 1 is 1.21 bits per heavy atom. The van der Waals surface area contributed by atoms with Gasteiger partial charge in [0.15, 0.2) is 0 Å². The Kier molecular flexibility index (Phi) is 5.30. The van der Waals surface area contributed by atoms with Crippen molar-refractivity contribution in [3.8, 4) is 11.3 Å². The van der Waals surface area contributed by atoms with E-state index in [0.29, 0.717) is 11.3 Å². The first kappa shape index (κ1) is 15.0. The smallest absolute Gasteiger partial charge is 0.341 e. The number of methoxy groups -OCH3 is 1. The molecule has 0 saturated heterocycles. The molecule has 0 aliphatic carbocycles. The summed E-state index contributed by atoms with van der Waals surface area (Å²) in [6.45, 7) is 6.02. The topological polar surface area (TPSA) is 44.1 Å². The summed E-state index contributed by atoms with van der Waals surface area (Å²) < 4.78 is 6.36. The summed E-state index contributed by atoms with van der Waals surface area (Å²) in [6, 6.07) is 7.88. The van der Waals surface area contributed by atoms with Crippen LogP contribution >= 0.6 is 0 Å². The van der Waals surface area contributed by atoms with Crippen molar-refractivity contribution in [2.24, 2.45) is 7.05 Å². The molecular weight excluding hydrogens is 240 g/mol. The van der Waals surface area contributed by atoms with Gasteiger partial charge in [0.1, 0.15) is 11.3 Å². The molecule has 0 saturated carbocycles. The van der Waals surface area contributed by atoms with Gasteiger partial charge in [-0.05, 0) is 6.92 Å². The Morgan fingerprint density at radius 3 is 2.32 bits per heavy atom. The van der Waals surface area contributed by atoms with E-state index in [1.165, 1.54) is 12.7 Å². The summed E-state index contributed by atoms with van der Waals surface area (Å²) in [4.78, 5) is 11.6. The van der Waals surface area contributed by atoms with Crippen molar-refractivity contribution in [1.29, 1.82) is 0 Å². The van der Waals surface area contributed by atoms with Crippen LogP contribution in [0.25, 0.3) is 11.3 Å². The van der Waals surface area contributed by atoms with E-state index in [1.54, 1.807) is 17.9 Å². The standard InChI is InChI=1S/C13H14N2O2.C2H6/c1-9-4-6-10(7-5-9)12-11(13(16)17-3)8-15(2)14-12;1-2/h4-8H,1-3H3;1-2H3. The number of hydrogen-bond donors (Lipinski definition) is 0. The van der Waals surface area contributed by atoms with Crippen molar-refractivity contribution < 1.29 is 9.53 Å². The highest BCUT2D eigenvalue weighted by atomic mass is 16.5. The monoisotopic (exact) mass is 260 g/mol. The molecule has 0 fully saturated rings. The van der Waals surface area contributed by atoms with Gasteiger partial charge in [0, 0.05) is 18.8 Å². The van der Waals surface area contributed by atoms with Crippen LogP contribution in [0.1, 0.15) is 29.8 Å². The maximum Gasteiger partial charge on any atom is 0.341 e. The van der Waals surface area contributed by atoms with Crippen molar-refractivity contribution in [3.05, 3.63) is 41.6 Å². The van der Waals surface area contributed by atoms with Gasteiger partial charge in [-0.2, -0.15) is 5.10 Å². The average molecular weight is 260 g/mol. The van der Waals surface area contributed by atoms with Gasteiger partial charge in [-0.25, -0.2) is 4.79 Å². The van der Waals surface area contributed by atoms with Gasteiger partial charge in [-0.15, -0.1) is 0 Å². The van der Waals surface area contributed by atoms with Crippen LogP contribution < -0.4 is 0 Å². The Bertz CT molecular complexity index is 542. The van der Waals surface area contributed by atoms with E-state index < -0.39 is 0 Å². The molecule has 0 N–H and O–H groups in total. The van der Waals surface area contributed by atoms with Crippen LogP contribution in [0.4, 0.5) is 0 Å². The first-order chi connectivity index (χ1) is 9.11. The van der Waals surface area contributed by atoms with Crippen LogP contribution in [0.15, 0.2) is 30.5 Å². The molecule has 0 unspecified atom stereocenters. The molecule has 102 valence electrons. The lowest BCUT2D eigenvalue weighted by atomic mass is 10.1. The quantitative estimate of drug-likeness (QED) is 0.779. The zero-order valence-corrected chi connectivity index (χ0v) is 12.1. The van der Waals surface area contributed by atoms with Crippen molar-refractivity contribution in [2.75, 3.05) is 7.11 Å². The summed E-state index contributed by atoms with van der Waals surface area (Å²) >= 11 is 0. The number of carbonyl (C=O) groups is 1. The minimum atomic E-state index is -0.367. The van der Waals surface area contributed by atoms with E-state index in [2.05, 4.69) is 5.10 Å². The third-order valence-corrected chi connectivity index (χ3v) is 2.56. The Hall–Kier alpha value is -2.10. The van der Waals surface area contributed by atoms with Crippen molar-refractivity contribution in [3.63, 3.8) is 0 Å². The van der Waals surface area contributed by atoms with Gasteiger partial charge in [-0.1, -0.05) is 43.7 Å². The van der Waals surface area contributed by atoms with Crippen molar-refractivity contribution in [1.82, 2.24) is 9.78 Å². The average Bonchev–Trinajstić information content (AvgIpc) is 2.83. The number of carbonyl (C=O) groups excluding carboxylic acids is 1. The zero-order valence-electron chi connectivity index (χ0n) is 12.1. The highest BCUT2D eigenvalue weighted by Crippen LogP contribution is 2.22. The molecule has 2 aromatic rings. The fraction of sp³-hybridized carbons (Fsp3) is 0.333. The predicted molar refractivity (Wildman–Crippen MR) is 76.1 cm³/mol. The number of esters is 1. The fourth-order valence-corrected chi connectivity index (χ4v) is 1.67. The molecule has 0 aliphatic rings. The van der Waals surface area contributed by atoms with E-state index in [1.807, 2.05) is 45.0 Å². The molecule has 0 amide bonds. The largest absolute Gasteiger partial charge is 0.465 e. The minimum Gasteiger partial charge on any atom is -0.465 e. The molecule has 0 spiro atoms. The third-order valence-electron chi connectivity index (χ3n) is 2.56. The van der Waals surface area contributed by atoms with Crippen LogP contribution in [0.5, 0.6) is 0 Å². The van der Waals surface area contributed by atoms with E-state index >= 15 is 0 Å². The first-order valence-electron chi connectivity index (χ1n) is 6.31. The van der Waals surface area contributed by atoms with Crippen molar-refractivity contribution >= 4 is 5.97 Å². The molecule has 0 aliphatic heterocycles. The normalized spacial score (nSPS) is 9.53. The van der Waals surface area contributed by atoms with Gasteiger partial charge in [0.2, 0.25) is 0 Å². The molecular formula is C15H20N2O2. The van der Waals surface area contributed by atoms with Crippen molar-refractivity contribution in [2.45, 2.75) is 20.8 Å². The molecule has 4 heteroatoms. The summed E-state index contributed by atoms with van der Waals surface area (Å²) in [5.41, 5.74) is 3.22. The number of benzene rings is 1. The second kappa shape index (κ2) is 6.73. The molecule has 1 aromatic carbocycles. The first-order valence-corrected chi connectivity index (χ1v) is 6.31. The predicted octanol–water partition coefficient (Wildman–Crippen LogP) is 3.21. The number of rotatable bonds is 2. The second-order valence-electron chi connectivity index (χ2n) is 3.92. The van der Waals surface area contributed by atoms with Gasteiger partial charge in [-0.3, -0.25) is 4.68 Å². The molecule has 0 bridgehead atoms. The van der Waals surface area contributed by atoms with Crippen LogP contribution in [-0.4, -0.2) is 22.9 Å². The van der Waals surface area contributed by atoms with E-state index in [-0.39, 0.29) is 5.97 Å². The molecule has 0 atom stereocenters. The van der Waals surface area contributed by atoms with Gasteiger partial charge < -0.3 is 4.74 Å². The molecule has 4 nitrogen and oxygen atoms in total. The zero-order chi connectivity index (χ0) is 14.4. The summed E-state index contributed by atoms with van der Waals surface area (Å²) in [5, 5.41) is 4.30. The highest BCUT2D eigenvalue weighted by molar-refractivity contribution is 5.95. The van der Waals surface area contributed by atoms with E-state index in [0.717, 1.165) is 5.56 Å². The van der Waals surface area contributed by atoms with Crippen LogP contribution in [0, 0.1) is 6.92 Å². The SMILES string of the molecule is CC.COC(=O)c1cn(C)nc1-c1ccc(C)cc1. The lowest BCUT2D eigenvalue weighted by Crippen LogP contribution is -2.01. The van der Waals surface area contributed by atoms with Crippen LogP contribution in [0.3, 0.4) is 0 Å². The summed E-state index contributed by atoms with van der Waals surface area (Å²) in [6.07, 6.45) is 1.67. The second-order valence-corrected chi connectivity index (χ2v) is 3.92. The Labute approximate surface area is 114 Å². The molecule has 2 rings (SSSR count). The fourth-order valence-electron chi connectivity index (χ4n) is 1.67. The molecule has 0 radical (unpaired) electrons. The summed E-state index contributed by atoms with van der Waals surface area (Å²) in [7, 11) is 3.15. The molecule has 1 heterocycles. The van der Waals surface area contributed by atoms with Gasteiger partial charge in [0.25, 0.3) is 0 Å².